The van der Waals surface area contributed by atoms with E-state index in [0.29, 0.717) is 32.3 Å². The third kappa shape index (κ3) is 4.26. The lowest BCUT2D eigenvalue weighted by molar-refractivity contribution is -0.133. The fourth-order valence-corrected chi connectivity index (χ4v) is 3.68. The number of likely N-dealkylation sites (N-methyl/N-ethyl adjacent to an activating group) is 1. The number of hydrogen-bond donors (Lipinski definition) is 1. The third-order valence-corrected chi connectivity index (χ3v) is 5.23. The van der Waals surface area contributed by atoms with Gasteiger partial charge in [-0.2, -0.15) is 0 Å². The summed E-state index contributed by atoms with van der Waals surface area (Å²) in [6.45, 7) is 4.08. The van der Waals surface area contributed by atoms with Crippen molar-refractivity contribution in [3.05, 3.63) is 53.9 Å². The molecule has 4 rings (SSSR count). The largest absolute Gasteiger partial charge is 0.378 e. The van der Waals surface area contributed by atoms with Crippen molar-refractivity contribution in [3.63, 3.8) is 0 Å². The van der Waals surface area contributed by atoms with E-state index in [-0.39, 0.29) is 17.9 Å². The molecule has 3 heterocycles. The molecule has 2 aliphatic rings. The van der Waals surface area contributed by atoms with Crippen LogP contribution in [0, 0.1) is 5.92 Å². The van der Waals surface area contributed by atoms with Gasteiger partial charge in [-0.3, -0.25) is 9.69 Å². The van der Waals surface area contributed by atoms with Crippen molar-refractivity contribution in [2.45, 2.75) is 19.1 Å². The first kappa shape index (κ1) is 17.9. The Balaban J connectivity index is 1.36. The number of carbonyl (C=O) groups is 1. The number of carbonyl (C=O) groups excluding carboxylic acids is 1. The van der Waals surface area contributed by atoms with E-state index in [1.165, 1.54) is 5.56 Å². The number of amides is 1. The molecule has 0 spiro atoms. The van der Waals surface area contributed by atoms with Crippen molar-refractivity contribution in [1.82, 2.24) is 19.8 Å². The maximum absolute atomic E-state index is 12.4. The van der Waals surface area contributed by atoms with Crippen LogP contribution in [0.3, 0.4) is 0 Å². The summed E-state index contributed by atoms with van der Waals surface area (Å²) in [4.78, 5) is 25.5. The van der Waals surface area contributed by atoms with Crippen LogP contribution in [0.15, 0.2) is 42.7 Å². The highest BCUT2D eigenvalue weighted by molar-refractivity contribution is 5.79. The second-order valence-electron chi connectivity index (χ2n) is 7.29. The average molecular weight is 367 g/mol. The number of ether oxygens (including phenoxy) is 1. The number of hydrogen-bond acceptors (Lipinski definition) is 6. The summed E-state index contributed by atoms with van der Waals surface area (Å²) in [5.41, 5.74) is 2.24. The molecule has 2 atom stereocenters. The van der Waals surface area contributed by atoms with Gasteiger partial charge in [0.25, 0.3) is 0 Å². The second kappa shape index (κ2) is 8.02. The molecular weight excluding hydrogens is 342 g/mol. The van der Waals surface area contributed by atoms with Crippen LogP contribution in [-0.2, 0) is 22.6 Å². The highest BCUT2D eigenvalue weighted by atomic mass is 16.5. The van der Waals surface area contributed by atoms with Gasteiger partial charge in [0.05, 0.1) is 25.2 Å². The van der Waals surface area contributed by atoms with Crippen LogP contribution in [0.2, 0.25) is 0 Å². The molecule has 1 aromatic heterocycles. The maximum Gasteiger partial charge on any atom is 0.229 e. The average Bonchev–Trinajstić information content (AvgIpc) is 2.87. The molecule has 0 aliphatic carbocycles. The molecule has 2 saturated heterocycles. The van der Waals surface area contributed by atoms with E-state index in [0.717, 1.165) is 18.7 Å². The maximum atomic E-state index is 12.4. The zero-order valence-electron chi connectivity index (χ0n) is 15.5. The van der Waals surface area contributed by atoms with E-state index in [2.05, 4.69) is 32.3 Å². The minimum absolute atomic E-state index is 0.0877. The Kier molecular flexibility index (Phi) is 5.31. The van der Waals surface area contributed by atoms with Crippen molar-refractivity contribution in [2.75, 3.05) is 38.7 Å². The minimum Gasteiger partial charge on any atom is -0.378 e. The fraction of sp³-hybridized carbons (Fsp3) is 0.450. The second-order valence-corrected chi connectivity index (χ2v) is 7.29. The minimum atomic E-state index is -0.0877. The van der Waals surface area contributed by atoms with Crippen molar-refractivity contribution in [2.24, 2.45) is 5.92 Å². The van der Waals surface area contributed by atoms with E-state index >= 15 is 0 Å². The van der Waals surface area contributed by atoms with Crippen molar-refractivity contribution in [1.29, 1.82) is 0 Å². The summed E-state index contributed by atoms with van der Waals surface area (Å²) >= 11 is 0. The predicted molar refractivity (Wildman–Crippen MR) is 102 cm³/mol. The predicted octanol–water partition coefficient (Wildman–Crippen LogP) is 1.38. The van der Waals surface area contributed by atoms with Crippen LogP contribution in [0.1, 0.15) is 11.1 Å². The van der Waals surface area contributed by atoms with Gasteiger partial charge in [0.15, 0.2) is 0 Å². The Morgan fingerprint density at radius 1 is 1.11 bits per heavy atom. The first-order valence-corrected chi connectivity index (χ1v) is 9.34. The normalized spacial score (nSPS) is 23.1. The summed E-state index contributed by atoms with van der Waals surface area (Å²) in [5, 5.41) is 3.24. The van der Waals surface area contributed by atoms with Gasteiger partial charge >= 0.3 is 0 Å². The van der Waals surface area contributed by atoms with Gasteiger partial charge in [-0.25, -0.2) is 9.97 Å². The molecule has 2 bridgehead atoms. The van der Waals surface area contributed by atoms with Gasteiger partial charge in [-0.15, -0.1) is 0 Å². The SMILES string of the molecule is CN1C(=O)[C@H]2COC[C@@H]1CN(Cc1cnc(NCc3ccccc3)nc1)C2. The van der Waals surface area contributed by atoms with Gasteiger partial charge in [-0.1, -0.05) is 30.3 Å². The Morgan fingerprint density at radius 2 is 1.89 bits per heavy atom. The lowest BCUT2D eigenvalue weighted by atomic mass is 10.1. The van der Waals surface area contributed by atoms with Crippen LogP contribution < -0.4 is 5.32 Å². The van der Waals surface area contributed by atoms with Gasteiger partial charge in [0.2, 0.25) is 11.9 Å². The smallest absolute Gasteiger partial charge is 0.229 e. The van der Waals surface area contributed by atoms with Gasteiger partial charge in [0, 0.05) is 51.2 Å². The topological polar surface area (TPSA) is 70.6 Å². The standard InChI is InChI=1S/C20H25N5O2/c1-24-18-12-25(11-17(19(24)26)13-27-14-18)10-16-8-22-20(23-9-16)21-7-15-5-3-2-4-6-15/h2-6,8-9,17-18H,7,10-14H2,1H3,(H,21,22,23)/t17-,18+/m1/s1. The molecule has 2 aromatic rings. The summed E-state index contributed by atoms with van der Waals surface area (Å²) in [6.07, 6.45) is 3.73. The zero-order chi connectivity index (χ0) is 18.6. The van der Waals surface area contributed by atoms with E-state index in [9.17, 15) is 4.79 Å². The molecule has 2 aliphatic heterocycles. The number of nitrogens with one attached hydrogen (secondary N) is 1. The monoisotopic (exact) mass is 367 g/mol. The number of benzene rings is 1. The Labute approximate surface area is 159 Å². The molecule has 1 aromatic carbocycles. The third-order valence-electron chi connectivity index (χ3n) is 5.23. The molecule has 27 heavy (non-hydrogen) atoms. The van der Waals surface area contributed by atoms with Crippen LogP contribution in [0.4, 0.5) is 5.95 Å². The molecule has 7 heteroatoms. The van der Waals surface area contributed by atoms with Crippen LogP contribution in [0.5, 0.6) is 0 Å². The quantitative estimate of drug-likeness (QED) is 0.861. The number of fused-ring (bicyclic) bond motifs is 3. The summed E-state index contributed by atoms with van der Waals surface area (Å²) in [6, 6.07) is 10.3. The van der Waals surface area contributed by atoms with Crippen molar-refractivity contribution in [3.8, 4) is 0 Å². The van der Waals surface area contributed by atoms with Crippen LogP contribution in [0.25, 0.3) is 0 Å². The number of aromatic nitrogens is 2. The molecular formula is C20H25N5O2. The van der Waals surface area contributed by atoms with Gasteiger partial charge < -0.3 is 15.0 Å². The number of rotatable bonds is 5. The lowest BCUT2D eigenvalue weighted by Crippen LogP contribution is -2.42. The Morgan fingerprint density at radius 3 is 2.67 bits per heavy atom. The summed E-state index contributed by atoms with van der Waals surface area (Å²) in [5.74, 6) is 0.727. The zero-order valence-corrected chi connectivity index (χ0v) is 15.5. The molecule has 1 amide bonds. The molecule has 7 nitrogen and oxygen atoms in total. The van der Waals surface area contributed by atoms with E-state index in [4.69, 9.17) is 4.74 Å². The molecule has 142 valence electrons. The highest BCUT2D eigenvalue weighted by Crippen LogP contribution is 2.21. The molecule has 0 radical (unpaired) electrons. The Bertz CT molecular complexity index is 768. The van der Waals surface area contributed by atoms with Crippen molar-refractivity contribution >= 4 is 11.9 Å². The van der Waals surface area contributed by atoms with Crippen LogP contribution >= 0.6 is 0 Å². The molecule has 1 N–H and O–H groups in total. The van der Waals surface area contributed by atoms with E-state index in [1.807, 2.05) is 42.5 Å². The van der Waals surface area contributed by atoms with Gasteiger partial charge in [0.1, 0.15) is 0 Å². The molecule has 2 fully saturated rings. The van der Waals surface area contributed by atoms with Crippen molar-refractivity contribution < 1.29 is 9.53 Å². The van der Waals surface area contributed by atoms with Gasteiger partial charge in [-0.05, 0) is 5.56 Å². The Hall–Kier alpha value is -2.51. The fourth-order valence-electron chi connectivity index (χ4n) is 3.68. The van der Waals surface area contributed by atoms with E-state index in [1.54, 1.807) is 0 Å². The number of nitrogens with zero attached hydrogens (tertiary/aromatic N) is 4. The summed E-state index contributed by atoms with van der Waals surface area (Å²) in [7, 11) is 1.88. The lowest BCUT2D eigenvalue weighted by Gasteiger charge is -2.29. The highest BCUT2D eigenvalue weighted by Gasteiger charge is 2.37. The number of anilines is 1. The molecule has 0 unspecified atom stereocenters. The molecule has 0 saturated carbocycles. The first-order valence-electron chi connectivity index (χ1n) is 9.34. The van der Waals surface area contributed by atoms with E-state index < -0.39 is 0 Å². The van der Waals surface area contributed by atoms with Crippen LogP contribution in [-0.4, -0.2) is 65.1 Å². The summed E-state index contributed by atoms with van der Waals surface area (Å²) < 4.78 is 5.66. The first-order chi connectivity index (χ1) is 13.2.